The van der Waals surface area contributed by atoms with Crippen LogP contribution >= 0.6 is 0 Å². The summed E-state index contributed by atoms with van der Waals surface area (Å²) >= 11 is 0. The molecule has 23 heavy (non-hydrogen) atoms. The van der Waals surface area contributed by atoms with Crippen LogP contribution in [0.5, 0.6) is 0 Å². The van der Waals surface area contributed by atoms with Crippen molar-refractivity contribution in [3.63, 3.8) is 0 Å². The van der Waals surface area contributed by atoms with Gasteiger partial charge in [0.15, 0.2) is 0 Å². The number of carbonyl (C=O) groups is 3. The van der Waals surface area contributed by atoms with Gasteiger partial charge in [-0.2, -0.15) is 0 Å². The van der Waals surface area contributed by atoms with E-state index in [1.165, 1.54) is 0 Å². The standard InChI is InChI=1S/C16H23N3O4/c1-16(2,3)19-14(21)10-17-13(20)9-18-15(22)23-11-12-7-5-4-6-8-12/h4-8H,9-11H2,1-3H3,(H,17,20)(H,18,22)(H,19,21). The van der Waals surface area contributed by atoms with E-state index >= 15 is 0 Å². The highest BCUT2D eigenvalue weighted by atomic mass is 16.5. The molecule has 0 heterocycles. The molecule has 0 aliphatic rings. The van der Waals surface area contributed by atoms with Gasteiger partial charge in [0.2, 0.25) is 11.8 Å². The van der Waals surface area contributed by atoms with Crippen LogP contribution < -0.4 is 16.0 Å². The van der Waals surface area contributed by atoms with Crippen LogP contribution in [0.3, 0.4) is 0 Å². The van der Waals surface area contributed by atoms with Gasteiger partial charge in [0, 0.05) is 5.54 Å². The van der Waals surface area contributed by atoms with Gasteiger partial charge < -0.3 is 20.7 Å². The molecule has 7 heteroatoms. The molecular weight excluding hydrogens is 298 g/mol. The summed E-state index contributed by atoms with van der Waals surface area (Å²) in [6.07, 6.45) is -0.692. The Morgan fingerprint density at radius 3 is 2.17 bits per heavy atom. The SMILES string of the molecule is CC(C)(C)NC(=O)CNC(=O)CNC(=O)OCc1ccccc1. The largest absolute Gasteiger partial charge is 0.445 e. The molecular formula is C16H23N3O4. The molecule has 0 fully saturated rings. The van der Waals surface area contributed by atoms with Crippen molar-refractivity contribution >= 4 is 17.9 Å². The van der Waals surface area contributed by atoms with E-state index in [-0.39, 0.29) is 31.1 Å². The molecule has 1 rings (SSSR count). The van der Waals surface area contributed by atoms with Gasteiger partial charge in [-0.25, -0.2) is 4.79 Å². The third-order valence-corrected chi connectivity index (χ3v) is 2.57. The molecule has 1 aromatic carbocycles. The van der Waals surface area contributed by atoms with Gasteiger partial charge in [0.05, 0.1) is 6.54 Å². The van der Waals surface area contributed by atoms with Crippen LogP contribution in [0.15, 0.2) is 30.3 Å². The Bertz CT molecular complexity index is 538. The van der Waals surface area contributed by atoms with Crippen LogP contribution in [0.25, 0.3) is 0 Å². The molecule has 0 aliphatic carbocycles. The zero-order chi connectivity index (χ0) is 17.3. The van der Waals surface area contributed by atoms with E-state index in [1.807, 2.05) is 51.1 Å². The summed E-state index contributed by atoms with van der Waals surface area (Å²) in [5.41, 5.74) is 0.493. The van der Waals surface area contributed by atoms with Crippen molar-refractivity contribution in [2.45, 2.75) is 32.9 Å². The number of amides is 3. The lowest BCUT2D eigenvalue weighted by atomic mass is 10.1. The van der Waals surface area contributed by atoms with E-state index in [1.54, 1.807) is 0 Å². The Kier molecular flexibility index (Phi) is 7.05. The molecule has 7 nitrogen and oxygen atoms in total. The predicted octanol–water partition coefficient (Wildman–Crippen LogP) is 0.944. The highest BCUT2D eigenvalue weighted by Gasteiger charge is 2.14. The molecule has 0 saturated carbocycles. The van der Waals surface area contributed by atoms with Crippen LogP contribution in [0.4, 0.5) is 4.79 Å². The molecule has 3 N–H and O–H groups in total. The third-order valence-electron chi connectivity index (χ3n) is 2.57. The lowest BCUT2D eigenvalue weighted by Gasteiger charge is -2.20. The number of carbonyl (C=O) groups excluding carboxylic acids is 3. The molecule has 126 valence electrons. The van der Waals surface area contributed by atoms with Gasteiger partial charge in [0.1, 0.15) is 13.2 Å². The van der Waals surface area contributed by atoms with E-state index in [0.717, 1.165) is 5.56 Å². The zero-order valence-corrected chi connectivity index (χ0v) is 13.6. The summed E-state index contributed by atoms with van der Waals surface area (Å²) in [7, 11) is 0. The minimum Gasteiger partial charge on any atom is -0.445 e. The summed E-state index contributed by atoms with van der Waals surface area (Å²) in [5, 5.41) is 7.44. The van der Waals surface area contributed by atoms with E-state index in [9.17, 15) is 14.4 Å². The second-order valence-corrected chi connectivity index (χ2v) is 5.99. The zero-order valence-electron chi connectivity index (χ0n) is 13.6. The smallest absolute Gasteiger partial charge is 0.407 e. The fourth-order valence-corrected chi connectivity index (χ4v) is 1.63. The van der Waals surface area contributed by atoms with Crippen molar-refractivity contribution in [3.8, 4) is 0 Å². The lowest BCUT2D eigenvalue weighted by Crippen LogP contribution is -2.47. The highest BCUT2D eigenvalue weighted by molar-refractivity contribution is 5.87. The van der Waals surface area contributed by atoms with E-state index in [2.05, 4.69) is 16.0 Å². The van der Waals surface area contributed by atoms with Crippen molar-refractivity contribution in [1.29, 1.82) is 0 Å². The first-order valence-corrected chi connectivity index (χ1v) is 7.28. The summed E-state index contributed by atoms with van der Waals surface area (Å²) in [4.78, 5) is 34.5. The molecule has 0 aromatic heterocycles. The molecule has 0 bridgehead atoms. The van der Waals surface area contributed by atoms with Gasteiger partial charge in [-0.05, 0) is 26.3 Å². The highest BCUT2D eigenvalue weighted by Crippen LogP contribution is 2.00. The number of hydrogen-bond acceptors (Lipinski definition) is 4. The number of nitrogens with one attached hydrogen (secondary N) is 3. The number of benzene rings is 1. The molecule has 0 unspecified atom stereocenters. The number of ether oxygens (including phenoxy) is 1. The van der Waals surface area contributed by atoms with Gasteiger partial charge >= 0.3 is 6.09 Å². The topological polar surface area (TPSA) is 96.5 Å². The average Bonchev–Trinajstić information content (AvgIpc) is 2.48. The Morgan fingerprint density at radius 2 is 1.57 bits per heavy atom. The number of rotatable bonds is 6. The maximum absolute atomic E-state index is 11.5. The molecule has 0 atom stereocenters. The van der Waals surface area contributed by atoms with Crippen molar-refractivity contribution in [3.05, 3.63) is 35.9 Å². The fourth-order valence-electron chi connectivity index (χ4n) is 1.63. The molecule has 1 aromatic rings. The van der Waals surface area contributed by atoms with Crippen LogP contribution in [0, 0.1) is 0 Å². The Hall–Kier alpha value is -2.57. The Morgan fingerprint density at radius 1 is 0.957 bits per heavy atom. The average molecular weight is 321 g/mol. The quantitative estimate of drug-likeness (QED) is 0.726. The van der Waals surface area contributed by atoms with Gasteiger partial charge in [0.25, 0.3) is 0 Å². The lowest BCUT2D eigenvalue weighted by molar-refractivity contribution is -0.126. The minimum absolute atomic E-state index is 0.127. The molecule has 0 radical (unpaired) electrons. The van der Waals surface area contributed by atoms with E-state index < -0.39 is 12.0 Å². The number of hydrogen-bond donors (Lipinski definition) is 3. The summed E-state index contributed by atoms with van der Waals surface area (Å²) in [6, 6.07) is 9.20. The van der Waals surface area contributed by atoms with E-state index in [4.69, 9.17) is 4.74 Å². The first-order valence-electron chi connectivity index (χ1n) is 7.28. The molecule has 3 amide bonds. The van der Waals surface area contributed by atoms with Crippen LogP contribution in [-0.2, 0) is 20.9 Å². The van der Waals surface area contributed by atoms with Gasteiger partial charge in [-0.3, -0.25) is 9.59 Å². The third kappa shape index (κ3) is 9.13. The van der Waals surface area contributed by atoms with Crippen molar-refractivity contribution < 1.29 is 19.1 Å². The fraction of sp³-hybridized carbons (Fsp3) is 0.438. The Labute approximate surface area is 135 Å². The minimum atomic E-state index is -0.692. The Balaban J connectivity index is 2.17. The predicted molar refractivity (Wildman–Crippen MR) is 85.5 cm³/mol. The van der Waals surface area contributed by atoms with Gasteiger partial charge in [-0.1, -0.05) is 30.3 Å². The maximum atomic E-state index is 11.5. The van der Waals surface area contributed by atoms with Crippen molar-refractivity contribution in [2.24, 2.45) is 0 Å². The molecule has 0 spiro atoms. The summed E-state index contributed by atoms with van der Waals surface area (Å²) in [5.74, 6) is -0.761. The van der Waals surface area contributed by atoms with Crippen molar-refractivity contribution in [1.82, 2.24) is 16.0 Å². The molecule has 0 saturated heterocycles. The first kappa shape index (κ1) is 18.5. The van der Waals surface area contributed by atoms with E-state index in [0.29, 0.717) is 0 Å². The summed E-state index contributed by atoms with van der Waals surface area (Å²) in [6.45, 7) is 5.26. The maximum Gasteiger partial charge on any atom is 0.407 e. The molecule has 0 aliphatic heterocycles. The van der Waals surface area contributed by atoms with Crippen molar-refractivity contribution in [2.75, 3.05) is 13.1 Å². The van der Waals surface area contributed by atoms with Crippen LogP contribution in [0.2, 0.25) is 0 Å². The second kappa shape index (κ2) is 8.77. The second-order valence-electron chi connectivity index (χ2n) is 5.99. The van der Waals surface area contributed by atoms with Crippen LogP contribution in [0.1, 0.15) is 26.3 Å². The van der Waals surface area contributed by atoms with Gasteiger partial charge in [-0.15, -0.1) is 0 Å². The first-order chi connectivity index (χ1) is 10.8. The van der Waals surface area contributed by atoms with Crippen LogP contribution in [-0.4, -0.2) is 36.5 Å². The monoisotopic (exact) mass is 321 g/mol. The number of alkyl carbamates (subject to hydrolysis) is 1. The summed E-state index contributed by atoms with van der Waals surface area (Å²) < 4.78 is 4.96. The normalized spacial score (nSPS) is 10.6.